The Morgan fingerprint density at radius 3 is 2.81 bits per heavy atom. The Hall–Kier alpha value is -0.610. The summed E-state index contributed by atoms with van der Waals surface area (Å²) in [6.07, 6.45) is 4.56. The molecule has 2 fully saturated rings. The highest BCUT2D eigenvalue weighted by atomic mass is 16.3. The van der Waals surface area contributed by atoms with Crippen molar-refractivity contribution in [3.8, 4) is 0 Å². The standard InChI is InChI=1S/C12H22N2O2/c15-6-4-11-3-5-14(8-11)9-12(16)13-7-10-1-2-10/h10-11,15H,1-9H2,(H,13,16). The van der Waals surface area contributed by atoms with Crippen molar-refractivity contribution in [3.63, 3.8) is 0 Å². The minimum atomic E-state index is 0.163. The quantitative estimate of drug-likeness (QED) is 0.681. The van der Waals surface area contributed by atoms with Crippen LogP contribution in [0.15, 0.2) is 0 Å². The zero-order chi connectivity index (χ0) is 11.4. The first kappa shape index (κ1) is 11.9. The van der Waals surface area contributed by atoms with Gasteiger partial charge >= 0.3 is 0 Å². The van der Waals surface area contributed by atoms with Gasteiger partial charge in [0.1, 0.15) is 0 Å². The number of nitrogens with zero attached hydrogens (tertiary/aromatic N) is 1. The maximum absolute atomic E-state index is 11.6. The summed E-state index contributed by atoms with van der Waals surface area (Å²) in [5.41, 5.74) is 0. The van der Waals surface area contributed by atoms with Gasteiger partial charge in [-0.25, -0.2) is 0 Å². The van der Waals surface area contributed by atoms with Gasteiger partial charge in [0.15, 0.2) is 0 Å². The summed E-state index contributed by atoms with van der Waals surface area (Å²) in [7, 11) is 0. The summed E-state index contributed by atoms with van der Waals surface area (Å²) in [5, 5.41) is 11.8. The highest BCUT2D eigenvalue weighted by molar-refractivity contribution is 5.78. The molecule has 2 aliphatic rings. The van der Waals surface area contributed by atoms with Crippen LogP contribution in [0.1, 0.15) is 25.7 Å². The molecule has 1 saturated heterocycles. The fraction of sp³-hybridized carbons (Fsp3) is 0.917. The number of carbonyl (C=O) groups excluding carboxylic acids is 1. The fourth-order valence-corrected chi connectivity index (χ4v) is 2.31. The lowest BCUT2D eigenvalue weighted by molar-refractivity contribution is -0.122. The van der Waals surface area contributed by atoms with Gasteiger partial charge in [0, 0.05) is 19.7 Å². The number of rotatable bonds is 6. The van der Waals surface area contributed by atoms with Crippen LogP contribution >= 0.6 is 0 Å². The minimum Gasteiger partial charge on any atom is -0.396 e. The molecule has 1 aliphatic heterocycles. The summed E-state index contributed by atoms with van der Waals surface area (Å²) in [6, 6.07) is 0. The van der Waals surface area contributed by atoms with Crippen LogP contribution in [0.25, 0.3) is 0 Å². The molecule has 1 heterocycles. The molecule has 1 unspecified atom stereocenters. The van der Waals surface area contributed by atoms with Crippen molar-refractivity contribution in [1.29, 1.82) is 0 Å². The molecule has 1 atom stereocenters. The third-order valence-electron chi connectivity index (χ3n) is 3.56. The Morgan fingerprint density at radius 2 is 2.12 bits per heavy atom. The van der Waals surface area contributed by atoms with Gasteiger partial charge in [0.05, 0.1) is 6.54 Å². The summed E-state index contributed by atoms with van der Waals surface area (Å²) in [5.74, 6) is 1.50. The highest BCUT2D eigenvalue weighted by Crippen LogP contribution is 2.27. The molecule has 1 amide bonds. The third-order valence-corrected chi connectivity index (χ3v) is 3.56. The van der Waals surface area contributed by atoms with E-state index >= 15 is 0 Å². The Labute approximate surface area is 97.0 Å². The minimum absolute atomic E-state index is 0.163. The van der Waals surface area contributed by atoms with E-state index < -0.39 is 0 Å². The van der Waals surface area contributed by atoms with Crippen molar-refractivity contribution in [2.75, 3.05) is 32.8 Å². The van der Waals surface area contributed by atoms with E-state index in [0.717, 1.165) is 38.4 Å². The average Bonchev–Trinajstić information content (AvgIpc) is 2.99. The second kappa shape index (κ2) is 5.64. The molecule has 0 spiro atoms. The van der Waals surface area contributed by atoms with Crippen molar-refractivity contribution in [3.05, 3.63) is 0 Å². The van der Waals surface area contributed by atoms with Crippen molar-refractivity contribution >= 4 is 5.91 Å². The molecule has 4 heteroatoms. The van der Waals surface area contributed by atoms with Crippen molar-refractivity contribution < 1.29 is 9.90 Å². The van der Waals surface area contributed by atoms with Gasteiger partial charge in [-0.1, -0.05) is 0 Å². The molecule has 0 bridgehead atoms. The van der Waals surface area contributed by atoms with Gasteiger partial charge in [0.25, 0.3) is 0 Å². The summed E-state index contributed by atoms with van der Waals surface area (Å²) in [4.78, 5) is 13.8. The van der Waals surface area contributed by atoms with Gasteiger partial charge in [-0.2, -0.15) is 0 Å². The number of hydrogen-bond acceptors (Lipinski definition) is 3. The molecule has 1 aliphatic carbocycles. The van der Waals surface area contributed by atoms with Crippen LogP contribution in [0.2, 0.25) is 0 Å². The lowest BCUT2D eigenvalue weighted by Gasteiger charge is -2.15. The van der Waals surface area contributed by atoms with Crippen molar-refractivity contribution in [2.45, 2.75) is 25.7 Å². The van der Waals surface area contributed by atoms with Crippen LogP contribution in [-0.4, -0.2) is 48.7 Å². The van der Waals surface area contributed by atoms with E-state index in [1.807, 2.05) is 0 Å². The van der Waals surface area contributed by atoms with E-state index in [-0.39, 0.29) is 12.5 Å². The highest BCUT2D eigenvalue weighted by Gasteiger charge is 2.25. The third kappa shape index (κ3) is 3.76. The fourth-order valence-electron chi connectivity index (χ4n) is 2.31. The number of aliphatic hydroxyl groups is 1. The van der Waals surface area contributed by atoms with Crippen LogP contribution in [0.5, 0.6) is 0 Å². The number of nitrogens with one attached hydrogen (secondary N) is 1. The molecular formula is C12H22N2O2. The van der Waals surface area contributed by atoms with Crippen LogP contribution in [0.3, 0.4) is 0 Å². The number of likely N-dealkylation sites (tertiary alicyclic amines) is 1. The van der Waals surface area contributed by atoms with Gasteiger partial charge in [0.2, 0.25) is 5.91 Å². The topological polar surface area (TPSA) is 52.6 Å². The average molecular weight is 226 g/mol. The van der Waals surface area contributed by atoms with Gasteiger partial charge in [-0.05, 0) is 44.1 Å². The Balaban J connectivity index is 1.59. The summed E-state index contributed by atoms with van der Waals surface area (Å²) < 4.78 is 0. The van der Waals surface area contributed by atoms with E-state index in [4.69, 9.17) is 5.11 Å². The first-order valence-corrected chi connectivity index (χ1v) is 6.38. The predicted molar refractivity (Wildman–Crippen MR) is 62.0 cm³/mol. The molecule has 0 aromatic carbocycles. The number of hydrogen-bond donors (Lipinski definition) is 2. The number of aliphatic hydroxyl groups excluding tert-OH is 1. The molecule has 16 heavy (non-hydrogen) atoms. The molecule has 92 valence electrons. The Morgan fingerprint density at radius 1 is 1.31 bits per heavy atom. The van der Waals surface area contributed by atoms with E-state index in [2.05, 4.69) is 10.2 Å². The molecule has 2 N–H and O–H groups in total. The number of carbonyl (C=O) groups is 1. The summed E-state index contributed by atoms with van der Waals surface area (Å²) >= 11 is 0. The van der Waals surface area contributed by atoms with E-state index in [9.17, 15) is 4.79 Å². The predicted octanol–water partition coefficient (Wildman–Crippen LogP) is 0.217. The normalized spacial score (nSPS) is 25.9. The van der Waals surface area contributed by atoms with E-state index in [1.54, 1.807) is 0 Å². The molecule has 0 aromatic heterocycles. The molecule has 1 saturated carbocycles. The van der Waals surface area contributed by atoms with Crippen molar-refractivity contribution in [1.82, 2.24) is 10.2 Å². The van der Waals surface area contributed by atoms with Crippen LogP contribution in [-0.2, 0) is 4.79 Å². The zero-order valence-corrected chi connectivity index (χ0v) is 9.82. The van der Waals surface area contributed by atoms with Crippen LogP contribution < -0.4 is 5.32 Å². The second-order valence-electron chi connectivity index (χ2n) is 5.15. The molecule has 2 rings (SSSR count). The zero-order valence-electron chi connectivity index (χ0n) is 9.82. The van der Waals surface area contributed by atoms with Gasteiger partial charge in [-0.15, -0.1) is 0 Å². The van der Waals surface area contributed by atoms with Gasteiger partial charge < -0.3 is 10.4 Å². The summed E-state index contributed by atoms with van der Waals surface area (Å²) in [6.45, 7) is 3.65. The van der Waals surface area contributed by atoms with E-state index in [0.29, 0.717) is 12.5 Å². The monoisotopic (exact) mass is 226 g/mol. The largest absolute Gasteiger partial charge is 0.396 e. The maximum Gasteiger partial charge on any atom is 0.234 e. The molecule has 0 radical (unpaired) electrons. The molecular weight excluding hydrogens is 204 g/mol. The molecule has 0 aromatic rings. The van der Waals surface area contributed by atoms with E-state index in [1.165, 1.54) is 12.8 Å². The Bertz CT molecular complexity index is 241. The first-order chi connectivity index (χ1) is 7.78. The van der Waals surface area contributed by atoms with Gasteiger partial charge in [-0.3, -0.25) is 9.69 Å². The smallest absolute Gasteiger partial charge is 0.234 e. The maximum atomic E-state index is 11.6. The molecule has 4 nitrogen and oxygen atoms in total. The van der Waals surface area contributed by atoms with Crippen LogP contribution in [0, 0.1) is 11.8 Å². The lowest BCUT2D eigenvalue weighted by Crippen LogP contribution is -2.37. The SMILES string of the molecule is O=C(CN1CCC(CCO)C1)NCC1CC1. The van der Waals surface area contributed by atoms with Crippen LogP contribution in [0.4, 0.5) is 0 Å². The lowest BCUT2D eigenvalue weighted by atomic mass is 10.1. The Kier molecular flexibility index (Phi) is 4.18. The van der Waals surface area contributed by atoms with Crippen molar-refractivity contribution in [2.24, 2.45) is 11.8 Å². The first-order valence-electron chi connectivity index (χ1n) is 6.38. The second-order valence-corrected chi connectivity index (χ2v) is 5.15. The number of amides is 1.